The first-order valence-electron chi connectivity index (χ1n) is 4.07. The Morgan fingerprint density at radius 1 is 1.62 bits per heavy atom. The largest absolute Gasteiger partial charge is 0.495 e. The van der Waals surface area contributed by atoms with Crippen LogP contribution < -0.4 is 15.9 Å². The third-order valence-corrected chi connectivity index (χ3v) is 2.04. The lowest BCUT2D eigenvalue weighted by Crippen LogP contribution is -2.30. The number of hydrogen-bond donors (Lipinski definition) is 2. The highest BCUT2D eigenvalue weighted by Gasteiger charge is 2.30. The van der Waals surface area contributed by atoms with E-state index in [0.717, 1.165) is 5.56 Å². The van der Waals surface area contributed by atoms with E-state index in [1.165, 1.54) is 0 Å². The van der Waals surface area contributed by atoms with Crippen LogP contribution in [0.15, 0.2) is 18.2 Å². The van der Waals surface area contributed by atoms with Crippen molar-refractivity contribution in [3.8, 4) is 5.75 Å². The summed E-state index contributed by atoms with van der Waals surface area (Å²) >= 11 is 0. The maximum absolute atomic E-state index is 9.45. The topological polar surface area (TPSA) is 64.7 Å². The maximum atomic E-state index is 9.45. The fraction of sp³-hybridized carbons (Fsp3) is 0.250. The molecule has 1 aliphatic heterocycles. The first-order valence-corrected chi connectivity index (χ1v) is 4.07. The van der Waals surface area contributed by atoms with E-state index in [-0.39, 0.29) is 6.73 Å². The van der Waals surface area contributed by atoms with Crippen molar-refractivity contribution in [3.05, 3.63) is 23.8 Å². The van der Waals surface area contributed by atoms with Crippen LogP contribution >= 0.6 is 0 Å². The Hall–Kier alpha value is -1.04. The van der Waals surface area contributed by atoms with Crippen molar-refractivity contribution in [1.82, 2.24) is 0 Å². The van der Waals surface area contributed by atoms with Crippen LogP contribution in [-0.4, -0.2) is 18.9 Å². The highest BCUT2D eigenvalue weighted by molar-refractivity contribution is 6.62. The highest BCUT2D eigenvalue weighted by atomic mass is 16.5. The molecule has 0 aliphatic carbocycles. The Balaban J connectivity index is 2.41. The van der Waals surface area contributed by atoms with Crippen LogP contribution in [0.5, 0.6) is 5.75 Å². The van der Waals surface area contributed by atoms with E-state index < -0.39 is 7.12 Å². The summed E-state index contributed by atoms with van der Waals surface area (Å²) in [6.07, 6.45) is 0. The molecule has 4 nitrogen and oxygen atoms in total. The fourth-order valence-corrected chi connectivity index (χ4v) is 1.46. The van der Waals surface area contributed by atoms with Crippen molar-refractivity contribution >= 4 is 12.6 Å². The molecule has 0 atom stereocenters. The summed E-state index contributed by atoms with van der Waals surface area (Å²) in [6, 6.07) is 5.52. The molecule has 0 fully saturated rings. The average molecular weight is 179 g/mol. The molecule has 1 aliphatic rings. The number of benzene rings is 1. The molecule has 0 spiro atoms. The summed E-state index contributed by atoms with van der Waals surface area (Å²) in [6.45, 7) is 0.529. The number of hydrogen-bond acceptors (Lipinski definition) is 4. The van der Waals surface area contributed by atoms with Gasteiger partial charge in [-0.05, 0) is 11.6 Å². The molecule has 1 heterocycles. The van der Waals surface area contributed by atoms with Gasteiger partial charge in [-0.2, -0.15) is 0 Å². The van der Waals surface area contributed by atoms with Crippen molar-refractivity contribution in [2.24, 2.45) is 5.73 Å². The second-order valence-electron chi connectivity index (χ2n) is 2.80. The predicted molar refractivity (Wildman–Crippen MR) is 48.5 cm³/mol. The third-order valence-electron chi connectivity index (χ3n) is 2.04. The van der Waals surface area contributed by atoms with Gasteiger partial charge in [-0.25, -0.2) is 0 Å². The summed E-state index contributed by atoms with van der Waals surface area (Å²) in [5, 5.41) is 9.45. The fourth-order valence-electron chi connectivity index (χ4n) is 1.46. The number of nitrogens with two attached hydrogens (primary N) is 1. The van der Waals surface area contributed by atoms with Crippen molar-refractivity contribution in [3.63, 3.8) is 0 Å². The molecule has 0 saturated carbocycles. The molecule has 2 rings (SSSR count). The summed E-state index contributed by atoms with van der Waals surface area (Å²) in [5.41, 5.74) is 6.91. The minimum Gasteiger partial charge on any atom is -0.479 e. The van der Waals surface area contributed by atoms with Gasteiger partial charge in [-0.15, -0.1) is 0 Å². The summed E-state index contributed by atoms with van der Waals surface area (Å²) in [5.74, 6) is 0.602. The van der Waals surface area contributed by atoms with E-state index in [2.05, 4.69) is 0 Å². The Bertz CT molecular complexity index is 318. The molecule has 0 radical (unpaired) electrons. The number of ether oxygens (including phenoxy) is 1. The molecule has 3 N–H and O–H groups in total. The van der Waals surface area contributed by atoms with Crippen LogP contribution in [0.2, 0.25) is 0 Å². The normalized spacial score (nSPS) is 14.5. The van der Waals surface area contributed by atoms with E-state index >= 15 is 0 Å². The molecule has 68 valence electrons. The molecular weight excluding hydrogens is 169 g/mol. The van der Waals surface area contributed by atoms with Gasteiger partial charge < -0.3 is 14.4 Å². The van der Waals surface area contributed by atoms with E-state index in [0.29, 0.717) is 17.8 Å². The number of fused-ring (bicyclic) bond motifs is 1. The van der Waals surface area contributed by atoms with Gasteiger partial charge in [0, 0.05) is 5.46 Å². The van der Waals surface area contributed by atoms with Crippen molar-refractivity contribution < 1.29 is 14.4 Å². The van der Waals surface area contributed by atoms with Gasteiger partial charge >= 0.3 is 7.12 Å². The molecule has 1 aromatic rings. The molecule has 0 saturated heterocycles. The van der Waals surface area contributed by atoms with Crippen LogP contribution in [-0.2, 0) is 11.3 Å². The van der Waals surface area contributed by atoms with Gasteiger partial charge in [0.05, 0.1) is 6.61 Å². The van der Waals surface area contributed by atoms with Crippen LogP contribution in [0, 0.1) is 0 Å². The number of rotatable bonds is 2. The molecule has 0 bridgehead atoms. The molecule has 0 aromatic heterocycles. The zero-order valence-corrected chi connectivity index (χ0v) is 7.06. The lowest BCUT2D eigenvalue weighted by molar-refractivity contribution is 0.275. The summed E-state index contributed by atoms with van der Waals surface area (Å²) < 4.78 is 10.2. The first-order chi connectivity index (χ1) is 6.33. The SMILES string of the molecule is NCOc1cccc2c1B(O)OC2. The standard InChI is InChI=1S/C8H10BNO3/c10-5-12-7-3-1-2-6-4-13-9(11)8(6)7/h1-3,11H,4-5,10H2. The second kappa shape index (κ2) is 3.37. The van der Waals surface area contributed by atoms with E-state index in [9.17, 15) is 5.02 Å². The average Bonchev–Trinajstić information content (AvgIpc) is 2.50. The monoisotopic (exact) mass is 179 g/mol. The van der Waals surface area contributed by atoms with Crippen LogP contribution in [0.3, 0.4) is 0 Å². The van der Waals surface area contributed by atoms with Gasteiger partial charge in [0.2, 0.25) is 0 Å². The molecule has 13 heavy (non-hydrogen) atoms. The minimum absolute atomic E-state index is 0.100. The minimum atomic E-state index is -0.877. The second-order valence-corrected chi connectivity index (χ2v) is 2.80. The zero-order chi connectivity index (χ0) is 9.26. The Morgan fingerprint density at radius 3 is 3.23 bits per heavy atom. The van der Waals surface area contributed by atoms with Gasteiger partial charge in [0.25, 0.3) is 0 Å². The smallest absolute Gasteiger partial charge is 0.479 e. The van der Waals surface area contributed by atoms with E-state index in [1.807, 2.05) is 12.1 Å². The Labute approximate surface area is 76.4 Å². The van der Waals surface area contributed by atoms with Crippen LogP contribution in [0.4, 0.5) is 0 Å². The Kier molecular flexibility index (Phi) is 2.22. The molecule has 0 unspecified atom stereocenters. The van der Waals surface area contributed by atoms with Gasteiger partial charge in [0.1, 0.15) is 12.5 Å². The Morgan fingerprint density at radius 2 is 2.46 bits per heavy atom. The van der Waals surface area contributed by atoms with Gasteiger partial charge in [-0.1, -0.05) is 12.1 Å². The maximum Gasteiger partial charge on any atom is 0.495 e. The molecule has 1 aromatic carbocycles. The van der Waals surface area contributed by atoms with E-state index in [4.69, 9.17) is 15.1 Å². The predicted octanol–water partition coefficient (Wildman–Crippen LogP) is -0.801. The van der Waals surface area contributed by atoms with E-state index in [1.54, 1.807) is 6.07 Å². The summed E-state index contributed by atoms with van der Waals surface area (Å²) in [7, 11) is -0.877. The van der Waals surface area contributed by atoms with Crippen molar-refractivity contribution in [2.75, 3.05) is 6.73 Å². The molecule has 0 amide bonds. The van der Waals surface area contributed by atoms with Crippen molar-refractivity contribution in [2.45, 2.75) is 6.61 Å². The first kappa shape index (κ1) is 8.56. The molecular formula is C8H10BNO3. The lowest BCUT2D eigenvalue weighted by Gasteiger charge is -2.07. The van der Waals surface area contributed by atoms with Crippen LogP contribution in [0.25, 0.3) is 0 Å². The quantitative estimate of drug-likeness (QED) is 0.460. The zero-order valence-electron chi connectivity index (χ0n) is 7.06. The highest BCUT2D eigenvalue weighted by Crippen LogP contribution is 2.17. The van der Waals surface area contributed by atoms with Crippen molar-refractivity contribution in [1.29, 1.82) is 0 Å². The summed E-state index contributed by atoms with van der Waals surface area (Å²) in [4.78, 5) is 0. The third kappa shape index (κ3) is 1.41. The lowest BCUT2D eigenvalue weighted by atomic mass is 9.79. The molecule has 5 heteroatoms. The van der Waals surface area contributed by atoms with Gasteiger partial charge in [-0.3, -0.25) is 5.73 Å². The van der Waals surface area contributed by atoms with Gasteiger partial charge in [0.15, 0.2) is 0 Å². The van der Waals surface area contributed by atoms with Crippen LogP contribution in [0.1, 0.15) is 5.56 Å².